The van der Waals surface area contributed by atoms with E-state index in [1.807, 2.05) is 64.4 Å². The first-order valence-electron chi connectivity index (χ1n) is 15.8. The summed E-state index contributed by atoms with van der Waals surface area (Å²) in [6, 6.07) is 5.60. The van der Waals surface area contributed by atoms with Gasteiger partial charge in [0, 0.05) is 31.2 Å². The van der Waals surface area contributed by atoms with E-state index in [0.717, 1.165) is 64.4 Å². The predicted molar refractivity (Wildman–Crippen MR) is 175 cm³/mol. The predicted octanol–water partition coefficient (Wildman–Crippen LogP) is 5.21. The number of aromatic nitrogens is 1. The second-order valence-electron chi connectivity index (χ2n) is 13.4. The van der Waals surface area contributed by atoms with Gasteiger partial charge in [-0.05, 0) is 68.7 Å². The Hall–Kier alpha value is -2.53. The lowest BCUT2D eigenvalue weighted by atomic mass is 9.85. The number of carbonyl (C=O) groups is 3. The second kappa shape index (κ2) is 15.2. The van der Waals surface area contributed by atoms with Crippen molar-refractivity contribution in [3.63, 3.8) is 0 Å². The Morgan fingerprint density at radius 3 is 2.48 bits per heavy atom. The Morgan fingerprint density at radius 1 is 1.18 bits per heavy atom. The molecule has 2 aliphatic heterocycles. The topological polar surface area (TPSA) is 115 Å². The molecule has 1 aromatic carbocycles. The first-order valence-corrected chi connectivity index (χ1v) is 17.1. The Labute approximate surface area is 270 Å². The molecule has 44 heavy (non-hydrogen) atoms. The average Bonchev–Trinajstić information content (AvgIpc) is 3.61. The first kappa shape index (κ1) is 34.3. The number of hydrogen-bond acceptors (Lipinski definition) is 7. The molecule has 3 amide bonds. The third-order valence-corrected chi connectivity index (χ3v) is 10.4. The number of halogens is 1. The number of aliphatic hydroxyl groups excluding tert-OH is 1. The molecule has 2 aromatic rings. The number of nitrogens with one attached hydrogen (secondary N) is 2. The fraction of sp³-hybridized carbons (Fsp3) is 0.636. The molecule has 2 aliphatic rings. The molecule has 0 spiro atoms. The van der Waals surface area contributed by atoms with Crippen molar-refractivity contribution < 1.29 is 19.5 Å². The Kier molecular flexibility index (Phi) is 11.8. The van der Waals surface area contributed by atoms with Crippen LogP contribution in [0.2, 0.25) is 0 Å². The van der Waals surface area contributed by atoms with Crippen LogP contribution in [0.3, 0.4) is 0 Å². The Balaban J connectivity index is 1.38. The third kappa shape index (κ3) is 8.59. The first-order chi connectivity index (χ1) is 20.9. The summed E-state index contributed by atoms with van der Waals surface area (Å²) < 4.78 is 1.13. The smallest absolute Gasteiger partial charge is 0.260 e. The number of likely N-dealkylation sites (tertiary alicyclic amines) is 1. The summed E-state index contributed by atoms with van der Waals surface area (Å²) in [5, 5.41) is 16.9. The van der Waals surface area contributed by atoms with Gasteiger partial charge in [0.15, 0.2) is 0 Å². The highest BCUT2D eigenvalue weighted by molar-refractivity contribution is 7.13. The maximum absolute atomic E-state index is 13.9. The van der Waals surface area contributed by atoms with E-state index in [-0.39, 0.29) is 24.8 Å². The molecule has 9 nitrogen and oxygen atoms in total. The second-order valence-corrected chi connectivity index (χ2v) is 14.6. The lowest BCUT2D eigenvalue weighted by Crippen LogP contribution is -2.57. The fourth-order valence-corrected chi connectivity index (χ4v) is 7.22. The number of rotatable bonds is 11. The summed E-state index contributed by atoms with van der Waals surface area (Å²) in [4.78, 5) is 47.4. The van der Waals surface area contributed by atoms with Crippen molar-refractivity contribution in [1.82, 2.24) is 24.9 Å². The largest absolute Gasteiger partial charge is 0.391 e. The van der Waals surface area contributed by atoms with Gasteiger partial charge >= 0.3 is 0 Å². The van der Waals surface area contributed by atoms with Crippen molar-refractivity contribution in [3.8, 4) is 10.4 Å². The minimum Gasteiger partial charge on any atom is -0.391 e. The number of piperidine rings is 1. The molecule has 4 rings (SSSR count). The zero-order valence-corrected chi connectivity index (χ0v) is 28.2. The SMILES string of the molecule is Cc1ncsc1-c1ccc([C@H](C)N(Cl)C(=O)[C@@H]2C[C@@H](O)CN2C(=O)[C@@H](NC(=O)CCCCC2CCNCC2)C(C)(C)C)cc1. The van der Waals surface area contributed by atoms with Crippen molar-refractivity contribution in [3.05, 3.63) is 41.0 Å². The van der Waals surface area contributed by atoms with Crippen LogP contribution in [0.5, 0.6) is 0 Å². The molecule has 0 radical (unpaired) electrons. The maximum Gasteiger partial charge on any atom is 0.260 e. The van der Waals surface area contributed by atoms with Crippen LogP contribution < -0.4 is 10.6 Å². The zero-order valence-electron chi connectivity index (χ0n) is 26.6. The molecule has 0 saturated carbocycles. The van der Waals surface area contributed by atoms with Crippen molar-refractivity contribution >= 4 is 40.8 Å². The quantitative estimate of drug-likeness (QED) is 0.228. The molecule has 2 saturated heterocycles. The van der Waals surface area contributed by atoms with Crippen LogP contribution in [-0.4, -0.2) is 75.0 Å². The summed E-state index contributed by atoms with van der Waals surface area (Å²) in [6.45, 7) is 11.6. The molecule has 11 heteroatoms. The zero-order chi connectivity index (χ0) is 32.0. The average molecular weight is 646 g/mol. The van der Waals surface area contributed by atoms with Gasteiger partial charge in [0.1, 0.15) is 12.1 Å². The van der Waals surface area contributed by atoms with E-state index in [1.165, 1.54) is 17.7 Å². The van der Waals surface area contributed by atoms with Crippen LogP contribution in [0.15, 0.2) is 29.8 Å². The Morgan fingerprint density at radius 2 is 1.86 bits per heavy atom. The van der Waals surface area contributed by atoms with E-state index < -0.39 is 35.6 Å². The number of aliphatic hydroxyl groups is 1. The van der Waals surface area contributed by atoms with Gasteiger partial charge in [-0.15, -0.1) is 11.3 Å². The molecule has 3 N–H and O–H groups in total. The number of thiazole rings is 1. The molecule has 1 aromatic heterocycles. The Bertz CT molecular complexity index is 1270. The van der Waals surface area contributed by atoms with Crippen molar-refractivity contribution in [2.24, 2.45) is 11.3 Å². The van der Waals surface area contributed by atoms with Crippen LogP contribution in [0.1, 0.15) is 89.9 Å². The number of β-amino-alcohol motifs (C(OH)–C–C–N with tert-alkyl or cyclic N) is 1. The van der Waals surface area contributed by atoms with E-state index in [9.17, 15) is 19.5 Å². The number of hydrogen-bond donors (Lipinski definition) is 3. The van der Waals surface area contributed by atoms with Crippen molar-refractivity contribution in [1.29, 1.82) is 0 Å². The molecule has 3 heterocycles. The summed E-state index contributed by atoms with van der Waals surface area (Å²) in [5.74, 6) is -0.285. The van der Waals surface area contributed by atoms with Crippen molar-refractivity contribution in [2.75, 3.05) is 19.6 Å². The standard InChI is InChI=1S/C33H48ClN5O4S/c1-21-29(44-20-36-21)25-12-10-24(11-13-25)22(2)39(34)31(42)27-18-26(40)19-38(27)32(43)30(33(3,4)5)37-28(41)9-7-6-8-23-14-16-35-17-15-23/h10-13,20,22-23,26-27,30,35,40H,6-9,14-19H2,1-5H3,(H,37,41)/t22-,26+,27-,30+/m0/s1. The highest BCUT2D eigenvalue weighted by Crippen LogP contribution is 2.32. The van der Waals surface area contributed by atoms with Crippen LogP contribution in [0.4, 0.5) is 0 Å². The van der Waals surface area contributed by atoms with E-state index in [2.05, 4.69) is 15.6 Å². The number of aryl methyl sites for hydroxylation is 1. The summed E-state index contributed by atoms with van der Waals surface area (Å²) in [6.07, 6.45) is 4.83. The molecule has 4 atom stereocenters. The molecule has 0 unspecified atom stereocenters. The van der Waals surface area contributed by atoms with Gasteiger partial charge in [0.05, 0.1) is 28.2 Å². The minimum absolute atomic E-state index is 0.00986. The summed E-state index contributed by atoms with van der Waals surface area (Å²) in [5.41, 5.74) is 4.06. The number of nitrogens with zero attached hydrogens (tertiary/aromatic N) is 3. The molecule has 0 bridgehead atoms. The lowest BCUT2D eigenvalue weighted by molar-refractivity contribution is -0.146. The van der Waals surface area contributed by atoms with Gasteiger partial charge in [0.25, 0.3) is 5.91 Å². The van der Waals surface area contributed by atoms with Gasteiger partial charge in [0.2, 0.25) is 11.8 Å². The molecule has 0 aliphatic carbocycles. The van der Waals surface area contributed by atoms with Crippen LogP contribution in [0.25, 0.3) is 10.4 Å². The van der Waals surface area contributed by atoms with Gasteiger partial charge in [-0.3, -0.25) is 14.4 Å². The number of carbonyl (C=O) groups excluding carboxylic acids is 3. The van der Waals surface area contributed by atoms with Gasteiger partial charge in [-0.2, -0.15) is 0 Å². The van der Waals surface area contributed by atoms with E-state index in [0.29, 0.717) is 6.42 Å². The van der Waals surface area contributed by atoms with Crippen LogP contribution >= 0.6 is 23.1 Å². The fourth-order valence-electron chi connectivity index (χ4n) is 6.18. The highest BCUT2D eigenvalue weighted by Gasteiger charge is 2.46. The number of benzene rings is 1. The summed E-state index contributed by atoms with van der Waals surface area (Å²) in [7, 11) is 0. The monoisotopic (exact) mass is 645 g/mol. The molecular formula is C33H48ClN5O4S. The number of amides is 3. The van der Waals surface area contributed by atoms with Gasteiger partial charge in [-0.1, -0.05) is 57.9 Å². The lowest BCUT2D eigenvalue weighted by Gasteiger charge is -2.36. The number of unbranched alkanes of at least 4 members (excludes halogenated alkanes) is 1. The molecular weight excluding hydrogens is 598 g/mol. The highest BCUT2D eigenvalue weighted by atomic mass is 35.5. The van der Waals surface area contributed by atoms with Gasteiger partial charge < -0.3 is 20.6 Å². The molecule has 242 valence electrons. The van der Waals surface area contributed by atoms with Gasteiger partial charge in [-0.25, -0.2) is 9.40 Å². The normalized spacial score (nSPS) is 20.8. The summed E-state index contributed by atoms with van der Waals surface area (Å²) >= 11 is 8.22. The van der Waals surface area contributed by atoms with Crippen LogP contribution in [0, 0.1) is 18.3 Å². The van der Waals surface area contributed by atoms with Crippen LogP contribution in [-0.2, 0) is 14.4 Å². The minimum atomic E-state index is -0.927. The van der Waals surface area contributed by atoms with Crippen molar-refractivity contribution in [2.45, 2.75) is 104 Å². The maximum atomic E-state index is 13.9. The van der Waals surface area contributed by atoms with E-state index >= 15 is 0 Å². The van der Waals surface area contributed by atoms with E-state index in [1.54, 1.807) is 11.3 Å². The molecule has 2 fully saturated rings. The van der Waals surface area contributed by atoms with E-state index in [4.69, 9.17) is 11.8 Å². The third-order valence-electron chi connectivity index (χ3n) is 8.94.